The van der Waals surface area contributed by atoms with E-state index in [4.69, 9.17) is 4.98 Å². The Morgan fingerprint density at radius 2 is 1.50 bits per heavy atom. The maximum absolute atomic E-state index is 4.74. The average molecular weight is 387 g/mol. The van der Waals surface area contributed by atoms with Crippen molar-refractivity contribution >= 4 is 21.9 Å². The first-order chi connectivity index (χ1) is 14.8. The van der Waals surface area contributed by atoms with E-state index in [-0.39, 0.29) is 0 Å². The number of imidazole rings is 1. The van der Waals surface area contributed by atoms with Crippen LogP contribution in [-0.2, 0) is 0 Å². The Balaban J connectivity index is 1.40. The van der Waals surface area contributed by atoms with Gasteiger partial charge in [0, 0.05) is 40.8 Å². The molecule has 0 bridgehead atoms. The number of fused-ring (bicyclic) bond motifs is 2. The first-order valence-corrected chi connectivity index (χ1v) is 9.78. The third-order valence-electron chi connectivity index (χ3n) is 5.34. The molecule has 0 radical (unpaired) electrons. The van der Waals surface area contributed by atoms with Gasteiger partial charge in [-0.15, -0.1) is 0 Å². The van der Waals surface area contributed by atoms with Crippen LogP contribution in [0, 0.1) is 0 Å². The molecule has 4 aromatic heterocycles. The third kappa shape index (κ3) is 2.84. The van der Waals surface area contributed by atoms with Gasteiger partial charge in [0.05, 0.1) is 11.0 Å². The highest BCUT2D eigenvalue weighted by Gasteiger charge is 2.09. The summed E-state index contributed by atoms with van der Waals surface area (Å²) in [5.74, 6) is 0.782. The average Bonchev–Trinajstić information content (AvgIpc) is 3.43. The summed E-state index contributed by atoms with van der Waals surface area (Å²) in [6, 6.07) is 24.8. The lowest BCUT2D eigenvalue weighted by Gasteiger charge is -2.02. The SMILES string of the molecule is c1ccc(-c2nc3cc(-c4ccc5cc(-c6ccncc6)[nH]c5c4)ccc3[nH]2)nc1. The van der Waals surface area contributed by atoms with Crippen molar-refractivity contribution in [1.29, 1.82) is 0 Å². The van der Waals surface area contributed by atoms with Gasteiger partial charge >= 0.3 is 0 Å². The van der Waals surface area contributed by atoms with Gasteiger partial charge in [-0.2, -0.15) is 0 Å². The molecule has 6 aromatic rings. The molecule has 0 saturated carbocycles. The summed E-state index contributed by atoms with van der Waals surface area (Å²) in [6.45, 7) is 0. The lowest BCUT2D eigenvalue weighted by molar-refractivity contribution is 1.24. The highest BCUT2D eigenvalue weighted by Crippen LogP contribution is 2.30. The van der Waals surface area contributed by atoms with Gasteiger partial charge in [0.1, 0.15) is 5.69 Å². The van der Waals surface area contributed by atoms with Gasteiger partial charge in [-0.25, -0.2) is 4.98 Å². The molecule has 2 N–H and O–H groups in total. The minimum Gasteiger partial charge on any atom is -0.355 e. The molecule has 0 fully saturated rings. The highest BCUT2D eigenvalue weighted by atomic mass is 14.9. The van der Waals surface area contributed by atoms with Crippen molar-refractivity contribution in [3.63, 3.8) is 0 Å². The van der Waals surface area contributed by atoms with Crippen LogP contribution in [0.25, 0.3) is 55.8 Å². The monoisotopic (exact) mass is 387 g/mol. The first-order valence-electron chi connectivity index (χ1n) is 9.78. The summed E-state index contributed by atoms with van der Waals surface area (Å²) in [6.07, 6.45) is 5.40. The van der Waals surface area contributed by atoms with Crippen molar-refractivity contribution in [2.45, 2.75) is 0 Å². The molecule has 2 aromatic carbocycles. The van der Waals surface area contributed by atoms with Gasteiger partial charge in [-0.1, -0.05) is 24.3 Å². The molecule has 0 atom stereocenters. The number of H-pyrrole nitrogens is 2. The number of aromatic amines is 2. The molecule has 5 nitrogen and oxygen atoms in total. The Bertz CT molecular complexity index is 1360. The van der Waals surface area contributed by atoms with E-state index in [1.165, 1.54) is 5.39 Å². The quantitative estimate of drug-likeness (QED) is 0.401. The van der Waals surface area contributed by atoms with Crippen molar-refractivity contribution in [3.05, 3.63) is 91.4 Å². The number of hydrogen-bond donors (Lipinski definition) is 2. The molecule has 5 heteroatoms. The molecule has 6 rings (SSSR count). The maximum atomic E-state index is 4.74. The van der Waals surface area contributed by atoms with Crippen LogP contribution in [0.15, 0.2) is 91.4 Å². The molecular weight excluding hydrogens is 370 g/mol. The second-order valence-corrected chi connectivity index (χ2v) is 7.25. The molecule has 0 aliphatic carbocycles. The summed E-state index contributed by atoms with van der Waals surface area (Å²) in [7, 11) is 0. The van der Waals surface area contributed by atoms with E-state index in [0.29, 0.717) is 0 Å². The molecular formula is C25H17N5. The van der Waals surface area contributed by atoms with Crippen LogP contribution in [0.2, 0.25) is 0 Å². The van der Waals surface area contributed by atoms with Gasteiger partial charge in [0.2, 0.25) is 0 Å². The fourth-order valence-electron chi connectivity index (χ4n) is 3.80. The van der Waals surface area contributed by atoms with Crippen molar-refractivity contribution in [3.8, 4) is 33.9 Å². The Labute approximate surface area is 172 Å². The second-order valence-electron chi connectivity index (χ2n) is 7.25. The zero-order valence-corrected chi connectivity index (χ0v) is 16.0. The van der Waals surface area contributed by atoms with Gasteiger partial charge in [0.25, 0.3) is 0 Å². The summed E-state index contributed by atoms with van der Waals surface area (Å²) in [5, 5.41) is 1.18. The molecule has 0 amide bonds. The predicted molar refractivity (Wildman–Crippen MR) is 120 cm³/mol. The third-order valence-corrected chi connectivity index (χ3v) is 5.34. The Morgan fingerprint density at radius 1 is 0.633 bits per heavy atom. The van der Waals surface area contributed by atoms with E-state index in [9.17, 15) is 0 Å². The van der Waals surface area contributed by atoms with Crippen LogP contribution in [0.3, 0.4) is 0 Å². The van der Waals surface area contributed by atoms with Crippen molar-refractivity contribution < 1.29 is 0 Å². The van der Waals surface area contributed by atoms with Crippen molar-refractivity contribution in [2.75, 3.05) is 0 Å². The van der Waals surface area contributed by atoms with E-state index >= 15 is 0 Å². The number of nitrogens with one attached hydrogen (secondary N) is 2. The topological polar surface area (TPSA) is 70.2 Å². The van der Waals surface area contributed by atoms with E-state index in [1.807, 2.05) is 42.7 Å². The van der Waals surface area contributed by atoms with Gasteiger partial charge in [-0.3, -0.25) is 9.97 Å². The first kappa shape index (κ1) is 16.7. The number of benzene rings is 2. The molecule has 0 saturated heterocycles. The lowest BCUT2D eigenvalue weighted by Crippen LogP contribution is -1.82. The van der Waals surface area contributed by atoms with Crippen LogP contribution in [-0.4, -0.2) is 24.9 Å². The second kappa shape index (κ2) is 6.67. The van der Waals surface area contributed by atoms with Gasteiger partial charge < -0.3 is 9.97 Å². The molecule has 4 heterocycles. The smallest absolute Gasteiger partial charge is 0.157 e. The molecule has 30 heavy (non-hydrogen) atoms. The number of nitrogens with zero attached hydrogens (tertiary/aromatic N) is 3. The number of hydrogen-bond acceptors (Lipinski definition) is 3. The summed E-state index contributed by atoms with van der Waals surface area (Å²) < 4.78 is 0. The standard InChI is InChI=1S/C25H17N5/c1-2-10-27-21(3-1)25-29-20-7-6-18(14-24(20)30-25)17-4-5-19-15-22(28-23(19)13-17)16-8-11-26-12-9-16/h1-15,28H,(H,29,30). The molecule has 142 valence electrons. The van der Waals surface area contributed by atoms with Crippen LogP contribution in [0.1, 0.15) is 0 Å². The Hall–Kier alpha value is -4.25. The van der Waals surface area contributed by atoms with Gasteiger partial charge in [0.15, 0.2) is 5.82 Å². The lowest BCUT2D eigenvalue weighted by atomic mass is 10.0. The largest absolute Gasteiger partial charge is 0.355 e. The van der Waals surface area contributed by atoms with E-state index in [1.54, 1.807) is 6.20 Å². The maximum Gasteiger partial charge on any atom is 0.157 e. The van der Waals surface area contributed by atoms with E-state index in [0.717, 1.165) is 50.5 Å². The number of pyridine rings is 2. The fraction of sp³-hybridized carbons (Fsp3) is 0. The van der Waals surface area contributed by atoms with E-state index in [2.05, 4.69) is 62.4 Å². The highest BCUT2D eigenvalue weighted by molar-refractivity contribution is 5.91. The summed E-state index contributed by atoms with van der Waals surface area (Å²) in [4.78, 5) is 20.1. The summed E-state index contributed by atoms with van der Waals surface area (Å²) >= 11 is 0. The Morgan fingerprint density at radius 3 is 2.37 bits per heavy atom. The summed E-state index contributed by atoms with van der Waals surface area (Å²) in [5.41, 5.74) is 8.37. The predicted octanol–water partition coefficient (Wildman–Crippen LogP) is 5.84. The molecule has 0 aliphatic rings. The Kier molecular flexibility index (Phi) is 3.71. The fourth-order valence-corrected chi connectivity index (χ4v) is 3.80. The van der Waals surface area contributed by atoms with E-state index < -0.39 is 0 Å². The van der Waals surface area contributed by atoms with Crippen molar-refractivity contribution in [2.24, 2.45) is 0 Å². The number of aromatic nitrogens is 5. The molecule has 0 unspecified atom stereocenters. The molecule has 0 spiro atoms. The van der Waals surface area contributed by atoms with Crippen LogP contribution < -0.4 is 0 Å². The minimum absolute atomic E-state index is 0.782. The molecule has 0 aliphatic heterocycles. The normalized spacial score (nSPS) is 11.3. The minimum atomic E-state index is 0.782. The van der Waals surface area contributed by atoms with Crippen LogP contribution >= 0.6 is 0 Å². The van der Waals surface area contributed by atoms with Crippen molar-refractivity contribution in [1.82, 2.24) is 24.9 Å². The van der Waals surface area contributed by atoms with Crippen LogP contribution in [0.5, 0.6) is 0 Å². The zero-order chi connectivity index (χ0) is 19.9. The number of rotatable bonds is 3. The zero-order valence-electron chi connectivity index (χ0n) is 16.0. The van der Waals surface area contributed by atoms with Crippen LogP contribution in [0.4, 0.5) is 0 Å². The van der Waals surface area contributed by atoms with Gasteiger partial charge in [-0.05, 0) is 59.7 Å².